The molecule has 146 valence electrons. The fourth-order valence-corrected chi connectivity index (χ4v) is 3.81. The first-order valence-electron chi connectivity index (χ1n) is 8.90. The zero-order valence-corrected chi connectivity index (χ0v) is 16.0. The predicted octanol–water partition coefficient (Wildman–Crippen LogP) is 1.46. The summed E-state index contributed by atoms with van der Waals surface area (Å²) >= 11 is 0. The van der Waals surface area contributed by atoms with Crippen LogP contribution >= 0.6 is 0 Å². The maximum Gasteiger partial charge on any atom is 0.240 e. The molecule has 1 aliphatic rings. The highest BCUT2D eigenvalue weighted by Crippen LogP contribution is 2.19. The van der Waals surface area contributed by atoms with Crippen LogP contribution in [0.5, 0.6) is 5.75 Å². The summed E-state index contributed by atoms with van der Waals surface area (Å²) in [5, 5.41) is 0. The minimum Gasteiger partial charge on any atom is -0.492 e. The topological polar surface area (TPSA) is 93.9 Å². The summed E-state index contributed by atoms with van der Waals surface area (Å²) in [5.41, 5.74) is 6.92. The third-order valence-corrected chi connectivity index (χ3v) is 5.80. The molecule has 0 aliphatic carbocycles. The predicted molar refractivity (Wildman–Crippen MR) is 104 cm³/mol. The van der Waals surface area contributed by atoms with Gasteiger partial charge in [0, 0.05) is 37.4 Å². The summed E-state index contributed by atoms with van der Waals surface area (Å²) in [7, 11) is -3.61. The molecule has 0 unspecified atom stereocenters. The van der Waals surface area contributed by atoms with Gasteiger partial charge in [0.15, 0.2) is 0 Å². The summed E-state index contributed by atoms with van der Waals surface area (Å²) in [6.45, 7) is 4.84. The van der Waals surface area contributed by atoms with E-state index in [-0.39, 0.29) is 11.4 Å². The number of nitrogens with zero attached hydrogens (tertiary/aromatic N) is 1. The highest BCUT2D eigenvalue weighted by atomic mass is 32.2. The molecule has 1 aliphatic heterocycles. The number of nitrogen functional groups attached to an aromatic ring is 1. The van der Waals surface area contributed by atoms with Crippen molar-refractivity contribution < 1.29 is 17.9 Å². The van der Waals surface area contributed by atoms with Crippen molar-refractivity contribution in [2.45, 2.75) is 11.4 Å². The van der Waals surface area contributed by atoms with Crippen LogP contribution in [-0.4, -0.2) is 52.8 Å². The van der Waals surface area contributed by atoms with Crippen molar-refractivity contribution in [2.75, 3.05) is 45.2 Å². The molecule has 0 spiro atoms. The smallest absolute Gasteiger partial charge is 0.240 e. The summed E-state index contributed by atoms with van der Waals surface area (Å²) in [6.07, 6.45) is 0. The first kappa shape index (κ1) is 19.6. The van der Waals surface area contributed by atoms with Crippen molar-refractivity contribution in [1.82, 2.24) is 9.62 Å². The third kappa shape index (κ3) is 5.67. The van der Waals surface area contributed by atoms with Gasteiger partial charge in [-0.25, -0.2) is 13.1 Å². The van der Waals surface area contributed by atoms with Crippen LogP contribution in [0, 0.1) is 0 Å². The number of hydrogen-bond donors (Lipinski definition) is 2. The molecule has 27 heavy (non-hydrogen) atoms. The molecule has 1 fully saturated rings. The van der Waals surface area contributed by atoms with Crippen molar-refractivity contribution in [3.05, 3.63) is 54.1 Å². The van der Waals surface area contributed by atoms with Gasteiger partial charge in [0.2, 0.25) is 10.0 Å². The number of benzene rings is 2. The van der Waals surface area contributed by atoms with Gasteiger partial charge in [-0.1, -0.05) is 18.2 Å². The molecule has 0 aromatic heterocycles. The van der Waals surface area contributed by atoms with E-state index in [2.05, 4.69) is 9.62 Å². The summed E-state index contributed by atoms with van der Waals surface area (Å²) in [5.74, 6) is 0.686. The van der Waals surface area contributed by atoms with Crippen LogP contribution in [0.1, 0.15) is 5.56 Å². The van der Waals surface area contributed by atoms with Gasteiger partial charge >= 0.3 is 0 Å². The molecule has 3 rings (SSSR count). The minimum absolute atomic E-state index is 0.153. The SMILES string of the molecule is Nc1ccc(S(=O)(=O)NCc2ccccc2OCCN2CCOCC2)cc1. The fourth-order valence-electron chi connectivity index (χ4n) is 2.80. The molecule has 0 radical (unpaired) electrons. The van der Waals surface area contributed by atoms with Gasteiger partial charge in [-0.2, -0.15) is 0 Å². The highest BCUT2D eigenvalue weighted by molar-refractivity contribution is 7.89. The van der Waals surface area contributed by atoms with Gasteiger partial charge in [0.05, 0.1) is 18.1 Å². The molecule has 1 heterocycles. The molecule has 0 saturated carbocycles. The molecule has 0 amide bonds. The molecular weight excluding hydrogens is 366 g/mol. The van der Waals surface area contributed by atoms with E-state index >= 15 is 0 Å². The van der Waals surface area contributed by atoms with Crippen LogP contribution in [0.15, 0.2) is 53.4 Å². The van der Waals surface area contributed by atoms with E-state index in [4.69, 9.17) is 15.2 Å². The first-order valence-corrected chi connectivity index (χ1v) is 10.4. The van der Waals surface area contributed by atoms with Crippen molar-refractivity contribution in [3.63, 3.8) is 0 Å². The van der Waals surface area contributed by atoms with E-state index in [1.54, 1.807) is 12.1 Å². The van der Waals surface area contributed by atoms with Crippen molar-refractivity contribution in [2.24, 2.45) is 0 Å². The van der Waals surface area contributed by atoms with Gasteiger partial charge < -0.3 is 15.2 Å². The Bertz CT molecular complexity index is 834. The lowest BCUT2D eigenvalue weighted by Gasteiger charge is -2.26. The normalized spacial score (nSPS) is 15.6. The Labute approximate surface area is 160 Å². The van der Waals surface area contributed by atoms with Crippen LogP contribution in [-0.2, 0) is 21.3 Å². The Morgan fingerprint density at radius 1 is 1.07 bits per heavy atom. The molecule has 7 nitrogen and oxygen atoms in total. The van der Waals surface area contributed by atoms with E-state index in [0.29, 0.717) is 18.0 Å². The molecule has 2 aromatic rings. The van der Waals surface area contributed by atoms with E-state index in [1.165, 1.54) is 12.1 Å². The van der Waals surface area contributed by atoms with Crippen LogP contribution in [0.4, 0.5) is 5.69 Å². The Hall–Kier alpha value is -2.13. The number of morpholine rings is 1. The maximum atomic E-state index is 12.4. The number of hydrogen-bond acceptors (Lipinski definition) is 6. The quantitative estimate of drug-likeness (QED) is 0.662. The summed E-state index contributed by atoms with van der Waals surface area (Å²) < 4.78 is 38.7. The third-order valence-electron chi connectivity index (χ3n) is 4.38. The lowest BCUT2D eigenvalue weighted by Crippen LogP contribution is -2.38. The molecular formula is C19H25N3O4S. The standard InChI is InChI=1S/C19H25N3O4S/c20-17-5-7-18(8-6-17)27(23,24)21-15-16-3-1-2-4-19(16)26-14-11-22-9-12-25-13-10-22/h1-8,21H,9-15,20H2. The largest absolute Gasteiger partial charge is 0.492 e. The van der Waals surface area contributed by atoms with Gasteiger partial charge in [0.25, 0.3) is 0 Å². The number of rotatable bonds is 8. The molecule has 8 heteroatoms. The Morgan fingerprint density at radius 3 is 2.52 bits per heavy atom. The second-order valence-corrected chi connectivity index (χ2v) is 8.07. The van der Waals surface area contributed by atoms with Crippen LogP contribution < -0.4 is 15.2 Å². The van der Waals surface area contributed by atoms with Gasteiger partial charge in [0.1, 0.15) is 12.4 Å². The van der Waals surface area contributed by atoms with Crippen LogP contribution in [0.25, 0.3) is 0 Å². The van der Waals surface area contributed by atoms with Gasteiger partial charge in [-0.15, -0.1) is 0 Å². The lowest BCUT2D eigenvalue weighted by atomic mass is 10.2. The summed E-state index contributed by atoms with van der Waals surface area (Å²) in [4.78, 5) is 2.47. The zero-order chi connectivity index (χ0) is 19.1. The minimum atomic E-state index is -3.61. The number of para-hydroxylation sites is 1. The highest BCUT2D eigenvalue weighted by Gasteiger charge is 2.15. The van der Waals surface area contributed by atoms with Crippen molar-refractivity contribution >= 4 is 15.7 Å². The van der Waals surface area contributed by atoms with E-state index in [9.17, 15) is 8.42 Å². The number of anilines is 1. The van der Waals surface area contributed by atoms with Crippen LogP contribution in [0.2, 0.25) is 0 Å². The zero-order valence-electron chi connectivity index (χ0n) is 15.1. The molecule has 0 bridgehead atoms. The average molecular weight is 391 g/mol. The van der Waals surface area contributed by atoms with Gasteiger partial charge in [-0.3, -0.25) is 4.90 Å². The van der Waals surface area contributed by atoms with Crippen LogP contribution in [0.3, 0.4) is 0 Å². The van der Waals surface area contributed by atoms with Crippen molar-refractivity contribution in [1.29, 1.82) is 0 Å². The van der Waals surface area contributed by atoms with Gasteiger partial charge in [-0.05, 0) is 30.3 Å². The number of sulfonamides is 1. The Kier molecular flexibility index (Phi) is 6.68. The second kappa shape index (κ2) is 9.18. The van der Waals surface area contributed by atoms with Crippen molar-refractivity contribution in [3.8, 4) is 5.75 Å². The van der Waals surface area contributed by atoms with E-state index < -0.39 is 10.0 Å². The average Bonchev–Trinajstić information content (AvgIpc) is 2.68. The van der Waals surface area contributed by atoms with E-state index in [1.807, 2.05) is 24.3 Å². The fraction of sp³-hybridized carbons (Fsp3) is 0.368. The van der Waals surface area contributed by atoms with E-state index in [0.717, 1.165) is 38.4 Å². The summed E-state index contributed by atoms with van der Waals surface area (Å²) in [6, 6.07) is 13.6. The number of nitrogens with two attached hydrogens (primary N) is 1. The second-order valence-electron chi connectivity index (χ2n) is 6.30. The number of nitrogens with one attached hydrogen (secondary N) is 1. The molecule has 2 aromatic carbocycles. The number of ether oxygens (including phenoxy) is 2. The monoisotopic (exact) mass is 391 g/mol. The molecule has 0 atom stereocenters. The maximum absolute atomic E-state index is 12.4. The lowest BCUT2D eigenvalue weighted by molar-refractivity contribution is 0.0322. The Morgan fingerprint density at radius 2 is 1.78 bits per heavy atom. The molecule has 3 N–H and O–H groups in total. The first-order chi connectivity index (χ1) is 13.0. The molecule has 1 saturated heterocycles. The Balaban J connectivity index is 1.57.